The maximum absolute atomic E-state index is 13.7. The van der Waals surface area contributed by atoms with Crippen molar-refractivity contribution in [3.8, 4) is 0 Å². The molecule has 0 bridgehead atoms. The summed E-state index contributed by atoms with van der Waals surface area (Å²) < 4.78 is 129. The molecule has 0 spiro atoms. The molecule has 1 N–H and O–H groups in total. The number of piperazine rings is 1. The number of esters is 1. The van der Waals surface area contributed by atoms with E-state index in [1.54, 1.807) is 25.7 Å². The van der Waals surface area contributed by atoms with Crippen LogP contribution < -0.4 is 0 Å². The van der Waals surface area contributed by atoms with Crippen LogP contribution in [-0.2, 0) is 22.3 Å². The van der Waals surface area contributed by atoms with E-state index in [1.807, 2.05) is 0 Å². The van der Waals surface area contributed by atoms with Crippen LogP contribution in [0.2, 0.25) is 0 Å². The summed E-state index contributed by atoms with van der Waals surface area (Å²) in [4.78, 5) is 26.7. The minimum absolute atomic E-state index is 0.0504. The van der Waals surface area contributed by atoms with Crippen LogP contribution in [0.25, 0.3) is 0 Å². The minimum atomic E-state index is -5.76. The van der Waals surface area contributed by atoms with Crippen molar-refractivity contribution in [3.63, 3.8) is 0 Å². The number of benzene rings is 1. The van der Waals surface area contributed by atoms with Gasteiger partial charge in [0.05, 0.1) is 12.1 Å². The van der Waals surface area contributed by atoms with E-state index in [9.17, 15) is 54.2 Å². The van der Waals surface area contributed by atoms with Gasteiger partial charge >= 0.3 is 30.6 Å². The highest BCUT2D eigenvalue weighted by Crippen LogP contribution is 2.45. The Balaban J connectivity index is 1.91. The summed E-state index contributed by atoms with van der Waals surface area (Å²) in [6, 6.07) is 0.305. The minimum Gasteiger partial charge on any atom is -0.465 e. The van der Waals surface area contributed by atoms with E-state index < -0.39 is 79.3 Å². The molecule has 7 nitrogen and oxygen atoms in total. The zero-order chi connectivity index (χ0) is 32.5. The van der Waals surface area contributed by atoms with Gasteiger partial charge in [-0.05, 0) is 75.9 Å². The van der Waals surface area contributed by atoms with E-state index in [-0.39, 0.29) is 37.1 Å². The molecule has 3 rings (SSSR count). The fraction of sp³-hybridized carbons (Fsp3) is 0.704. The second kappa shape index (κ2) is 12.7. The number of carbonyl (C=O) groups excluding carboxylic acids is 1. The van der Waals surface area contributed by atoms with E-state index in [0.717, 1.165) is 23.1 Å². The lowest BCUT2D eigenvalue weighted by Crippen LogP contribution is -2.62. The Morgan fingerprint density at radius 2 is 1.51 bits per heavy atom. The number of halogens is 9. The molecule has 0 saturated carbocycles. The first kappa shape index (κ1) is 34.7. The second-order valence-corrected chi connectivity index (χ2v) is 11.9. The molecule has 244 valence electrons. The van der Waals surface area contributed by atoms with E-state index in [2.05, 4.69) is 0 Å². The lowest BCUT2D eigenvalue weighted by Gasteiger charge is -2.45. The van der Waals surface area contributed by atoms with E-state index >= 15 is 0 Å². The molecule has 43 heavy (non-hydrogen) atoms. The van der Waals surface area contributed by atoms with Crippen molar-refractivity contribution in [2.24, 2.45) is 5.92 Å². The van der Waals surface area contributed by atoms with Gasteiger partial charge in [0, 0.05) is 32.2 Å². The van der Waals surface area contributed by atoms with Gasteiger partial charge in [0.1, 0.15) is 5.60 Å². The van der Waals surface area contributed by atoms with Crippen molar-refractivity contribution in [2.45, 2.75) is 76.2 Å². The molecule has 2 fully saturated rings. The highest BCUT2D eigenvalue weighted by molar-refractivity contribution is 5.72. The van der Waals surface area contributed by atoms with Gasteiger partial charge in [-0.15, -0.1) is 0 Å². The third-order valence-electron chi connectivity index (χ3n) is 7.54. The fourth-order valence-electron chi connectivity index (χ4n) is 5.63. The summed E-state index contributed by atoms with van der Waals surface area (Å²) in [6.07, 6.45) is -17.4. The Kier molecular flexibility index (Phi) is 10.3. The maximum Gasteiger partial charge on any atom is 0.416 e. The molecule has 1 aromatic carbocycles. The lowest BCUT2D eigenvalue weighted by molar-refractivity contribution is -0.302. The molecular weight excluding hydrogens is 601 g/mol. The number of ether oxygens (including phenoxy) is 1. The molecule has 0 aliphatic carbocycles. The van der Waals surface area contributed by atoms with Gasteiger partial charge in [-0.1, -0.05) is 6.07 Å². The summed E-state index contributed by atoms with van der Waals surface area (Å²) in [5.74, 6) is -4.88. The summed E-state index contributed by atoms with van der Waals surface area (Å²) in [7, 11) is 0. The number of hydrogen-bond donors (Lipinski definition) is 1. The fourth-order valence-corrected chi connectivity index (χ4v) is 5.63. The topological polar surface area (TPSA) is 73.3 Å². The Bertz CT molecular complexity index is 1130. The molecule has 1 atom stereocenters. The van der Waals surface area contributed by atoms with Crippen molar-refractivity contribution in [2.75, 3.05) is 39.3 Å². The predicted molar refractivity (Wildman–Crippen MR) is 135 cm³/mol. The first-order chi connectivity index (χ1) is 19.6. The quantitative estimate of drug-likeness (QED) is 0.300. The number of rotatable bonds is 6. The van der Waals surface area contributed by atoms with E-state index in [0.29, 0.717) is 18.0 Å². The van der Waals surface area contributed by atoms with E-state index in [1.165, 1.54) is 0 Å². The molecule has 1 amide bonds. The smallest absolute Gasteiger partial charge is 0.416 e. The number of carboxylic acid groups (broad SMARTS) is 1. The van der Waals surface area contributed by atoms with Crippen LogP contribution in [0, 0.1) is 5.92 Å². The standard InChI is InChI=1S/C27H34F9N3O4/c1-24(2,3)43-21(40)15-37-8-6-16(7-9-37)19-12-18(25(28,29)30)5-4-17(19)13-38-10-11-39(23(41)42)14-20(38)22(26(31,32)33)27(34,35)36/h4-5,12,16,20,22H,6-11,13-15H2,1-3H3,(H,41,42). The molecule has 1 aromatic rings. The van der Waals surface area contributed by atoms with Crippen molar-refractivity contribution in [3.05, 3.63) is 34.9 Å². The van der Waals surface area contributed by atoms with Crippen molar-refractivity contribution < 1.29 is 58.9 Å². The summed E-state index contributed by atoms with van der Waals surface area (Å²) in [6.45, 7) is 3.13. The first-order valence-electron chi connectivity index (χ1n) is 13.6. The van der Waals surface area contributed by atoms with Crippen molar-refractivity contribution in [1.82, 2.24) is 14.7 Å². The third kappa shape index (κ3) is 9.37. The molecule has 0 radical (unpaired) electrons. The average Bonchev–Trinajstić information content (AvgIpc) is 2.82. The number of hydrogen-bond acceptors (Lipinski definition) is 5. The number of carbonyl (C=O) groups is 2. The van der Waals surface area contributed by atoms with Crippen LogP contribution in [0.1, 0.15) is 56.2 Å². The number of nitrogens with zero attached hydrogens (tertiary/aromatic N) is 3. The normalized spacial score (nSPS) is 20.5. The third-order valence-corrected chi connectivity index (χ3v) is 7.54. The van der Waals surface area contributed by atoms with Gasteiger partial charge in [-0.2, -0.15) is 39.5 Å². The molecule has 2 heterocycles. The summed E-state index contributed by atoms with van der Waals surface area (Å²) >= 11 is 0. The van der Waals surface area contributed by atoms with Crippen LogP contribution in [0.15, 0.2) is 18.2 Å². The lowest BCUT2D eigenvalue weighted by atomic mass is 9.84. The van der Waals surface area contributed by atoms with Gasteiger partial charge < -0.3 is 14.7 Å². The molecule has 16 heteroatoms. The highest BCUT2D eigenvalue weighted by Gasteiger charge is 2.62. The van der Waals surface area contributed by atoms with Gasteiger partial charge in [-0.3, -0.25) is 14.6 Å². The molecule has 2 aliphatic rings. The number of amides is 1. The van der Waals surface area contributed by atoms with Crippen LogP contribution in [0.5, 0.6) is 0 Å². The maximum atomic E-state index is 13.7. The van der Waals surface area contributed by atoms with Gasteiger partial charge in [0.25, 0.3) is 0 Å². The largest absolute Gasteiger partial charge is 0.465 e. The Morgan fingerprint density at radius 1 is 0.930 bits per heavy atom. The molecular formula is C27H34F9N3O4. The molecule has 2 aliphatic heterocycles. The summed E-state index contributed by atoms with van der Waals surface area (Å²) in [5, 5.41) is 9.28. The highest BCUT2D eigenvalue weighted by atomic mass is 19.4. The monoisotopic (exact) mass is 635 g/mol. The van der Waals surface area contributed by atoms with Crippen LogP contribution >= 0.6 is 0 Å². The molecule has 2 saturated heterocycles. The Labute approximate surface area is 242 Å². The first-order valence-corrected chi connectivity index (χ1v) is 13.6. The Hall–Kier alpha value is -2.75. The zero-order valence-corrected chi connectivity index (χ0v) is 23.7. The number of likely N-dealkylation sites (tertiary alicyclic amines) is 1. The van der Waals surface area contributed by atoms with Crippen LogP contribution in [0.3, 0.4) is 0 Å². The van der Waals surface area contributed by atoms with E-state index in [4.69, 9.17) is 4.74 Å². The number of piperidine rings is 1. The summed E-state index contributed by atoms with van der Waals surface area (Å²) in [5.41, 5.74) is -1.47. The van der Waals surface area contributed by atoms with Crippen molar-refractivity contribution in [1.29, 1.82) is 0 Å². The van der Waals surface area contributed by atoms with Crippen LogP contribution in [-0.4, -0.2) is 95.1 Å². The molecule has 0 aromatic heterocycles. The number of alkyl halides is 9. The average molecular weight is 636 g/mol. The Morgan fingerprint density at radius 3 is 2.00 bits per heavy atom. The van der Waals surface area contributed by atoms with Gasteiger partial charge in [-0.25, -0.2) is 4.79 Å². The van der Waals surface area contributed by atoms with Crippen molar-refractivity contribution >= 4 is 12.1 Å². The van der Waals surface area contributed by atoms with Crippen LogP contribution in [0.4, 0.5) is 44.3 Å². The second-order valence-electron chi connectivity index (χ2n) is 11.9. The van der Waals surface area contributed by atoms with Gasteiger partial charge in [0.15, 0.2) is 5.92 Å². The molecule has 1 unspecified atom stereocenters. The predicted octanol–water partition coefficient (Wildman–Crippen LogP) is 6.13. The van der Waals surface area contributed by atoms with Gasteiger partial charge in [0.2, 0.25) is 0 Å². The zero-order valence-electron chi connectivity index (χ0n) is 23.7. The SMILES string of the molecule is CC(C)(C)OC(=O)CN1CCC(c2cc(C(F)(F)F)ccc2CN2CCN(C(=O)O)CC2C(C(F)(F)F)C(F)(F)F)CC1.